The first-order valence-corrected chi connectivity index (χ1v) is 5.55. The lowest BCUT2D eigenvalue weighted by Crippen LogP contribution is -2.54. The molecule has 19 heavy (non-hydrogen) atoms. The Labute approximate surface area is 105 Å². The molecule has 0 saturated heterocycles. The van der Waals surface area contributed by atoms with Crippen LogP contribution in [0, 0.1) is 5.82 Å². The first kappa shape index (κ1) is 14.2. The van der Waals surface area contributed by atoms with E-state index in [2.05, 4.69) is 0 Å². The smallest absolute Gasteiger partial charge is 0.330 e. The molecule has 0 aliphatic heterocycles. The maximum Gasteiger partial charge on any atom is 0.416 e. The van der Waals surface area contributed by atoms with Crippen LogP contribution in [0.5, 0.6) is 0 Å². The Morgan fingerprint density at radius 2 is 1.74 bits per heavy atom. The van der Waals surface area contributed by atoms with Gasteiger partial charge in [0.2, 0.25) is 5.92 Å². The third-order valence-corrected chi connectivity index (χ3v) is 3.44. The monoisotopic (exact) mass is 283 g/mol. The summed E-state index contributed by atoms with van der Waals surface area (Å²) < 4.78 is 77.5. The number of rotatable bonds is 2. The van der Waals surface area contributed by atoms with E-state index in [1.807, 2.05) is 0 Å². The quantitative estimate of drug-likeness (QED) is 0.826. The Hall–Kier alpha value is -1.24. The number of hydrogen-bond donors (Lipinski definition) is 1. The van der Waals surface area contributed by atoms with E-state index in [9.17, 15) is 26.3 Å². The van der Waals surface area contributed by atoms with E-state index in [0.717, 1.165) is 12.1 Å². The molecule has 0 bridgehead atoms. The minimum atomic E-state index is -4.80. The van der Waals surface area contributed by atoms with E-state index in [4.69, 9.17) is 5.73 Å². The van der Waals surface area contributed by atoms with Crippen LogP contribution < -0.4 is 5.73 Å². The number of benzene rings is 1. The van der Waals surface area contributed by atoms with Gasteiger partial charge in [0, 0.05) is 24.8 Å². The Morgan fingerprint density at radius 3 is 2.16 bits per heavy atom. The van der Waals surface area contributed by atoms with Gasteiger partial charge >= 0.3 is 6.18 Å². The van der Waals surface area contributed by atoms with E-state index in [-0.39, 0.29) is 12.1 Å². The van der Waals surface area contributed by atoms with E-state index >= 15 is 0 Å². The molecule has 0 heterocycles. The van der Waals surface area contributed by atoms with Gasteiger partial charge in [0.15, 0.2) is 0 Å². The van der Waals surface area contributed by atoms with Crippen LogP contribution in [0.4, 0.5) is 26.3 Å². The molecule has 7 heteroatoms. The molecule has 0 atom stereocenters. The van der Waals surface area contributed by atoms with E-state index in [1.54, 1.807) is 0 Å². The van der Waals surface area contributed by atoms with Gasteiger partial charge in [0.25, 0.3) is 0 Å². The molecule has 1 fully saturated rings. The predicted molar refractivity (Wildman–Crippen MR) is 56.3 cm³/mol. The van der Waals surface area contributed by atoms with Crippen molar-refractivity contribution in [2.75, 3.05) is 6.54 Å². The standard InChI is InChI=1S/C12H11F6N/c13-7-1-2-8(9(3-7)12(16,17)18)10(6-19)4-11(14,15)5-10/h1-3H,4-6,19H2. The molecule has 0 amide bonds. The second-order valence-electron chi connectivity index (χ2n) is 4.88. The molecule has 106 valence electrons. The van der Waals surface area contributed by atoms with Gasteiger partial charge in [-0.3, -0.25) is 0 Å². The Kier molecular flexibility index (Phi) is 3.08. The van der Waals surface area contributed by atoms with Crippen molar-refractivity contribution in [2.45, 2.75) is 30.4 Å². The molecule has 0 aromatic heterocycles. The van der Waals surface area contributed by atoms with Crippen LogP contribution in [-0.4, -0.2) is 12.5 Å². The lowest BCUT2D eigenvalue weighted by molar-refractivity contribution is -0.147. The van der Waals surface area contributed by atoms with E-state index in [1.165, 1.54) is 0 Å². The highest BCUT2D eigenvalue weighted by Gasteiger charge is 2.58. The maximum atomic E-state index is 13.0. The van der Waals surface area contributed by atoms with Crippen LogP contribution in [0.1, 0.15) is 24.0 Å². The van der Waals surface area contributed by atoms with Gasteiger partial charge in [0.05, 0.1) is 5.56 Å². The lowest BCUT2D eigenvalue weighted by atomic mass is 9.61. The Bertz CT molecular complexity index is 485. The van der Waals surface area contributed by atoms with Gasteiger partial charge in [-0.25, -0.2) is 13.2 Å². The van der Waals surface area contributed by atoms with Crippen LogP contribution in [0.2, 0.25) is 0 Å². The van der Waals surface area contributed by atoms with E-state index < -0.39 is 41.7 Å². The lowest BCUT2D eigenvalue weighted by Gasteiger charge is -2.48. The summed E-state index contributed by atoms with van der Waals surface area (Å²) in [5.41, 5.74) is 2.37. The summed E-state index contributed by atoms with van der Waals surface area (Å²) in [6, 6.07) is 2.06. The van der Waals surface area contributed by atoms with Gasteiger partial charge in [0.1, 0.15) is 5.82 Å². The van der Waals surface area contributed by atoms with Crippen molar-refractivity contribution in [1.29, 1.82) is 0 Å². The zero-order chi connectivity index (χ0) is 14.5. The summed E-state index contributed by atoms with van der Waals surface area (Å²) in [5.74, 6) is -4.08. The molecule has 2 rings (SSSR count). The van der Waals surface area contributed by atoms with Gasteiger partial charge in [-0.1, -0.05) is 6.07 Å². The van der Waals surface area contributed by atoms with Crippen molar-refractivity contribution in [1.82, 2.24) is 0 Å². The molecule has 0 unspecified atom stereocenters. The fourth-order valence-electron chi connectivity index (χ4n) is 2.60. The minimum absolute atomic E-state index is 0.323. The number of halogens is 6. The Morgan fingerprint density at radius 1 is 1.16 bits per heavy atom. The average Bonchev–Trinajstić information content (AvgIpc) is 2.24. The van der Waals surface area contributed by atoms with Crippen molar-refractivity contribution >= 4 is 0 Å². The zero-order valence-electron chi connectivity index (χ0n) is 9.70. The Balaban J connectivity index is 2.51. The van der Waals surface area contributed by atoms with Crippen molar-refractivity contribution < 1.29 is 26.3 Å². The third-order valence-electron chi connectivity index (χ3n) is 3.44. The maximum absolute atomic E-state index is 13.0. The van der Waals surface area contributed by atoms with Crippen LogP contribution in [0.25, 0.3) is 0 Å². The molecular formula is C12H11F6N. The highest BCUT2D eigenvalue weighted by molar-refractivity contribution is 5.40. The summed E-state index contributed by atoms with van der Waals surface area (Å²) in [7, 11) is 0. The molecule has 1 aromatic rings. The van der Waals surface area contributed by atoms with Crippen LogP contribution in [-0.2, 0) is 11.6 Å². The molecule has 1 aliphatic rings. The molecular weight excluding hydrogens is 272 g/mol. The van der Waals surface area contributed by atoms with E-state index in [0.29, 0.717) is 6.07 Å². The first-order valence-electron chi connectivity index (χ1n) is 5.55. The van der Waals surface area contributed by atoms with Gasteiger partial charge < -0.3 is 5.73 Å². The average molecular weight is 283 g/mol. The van der Waals surface area contributed by atoms with Crippen molar-refractivity contribution in [2.24, 2.45) is 5.73 Å². The van der Waals surface area contributed by atoms with Gasteiger partial charge in [-0.05, 0) is 17.7 Å². The molecule has 0 radical (unpaired) electrons. The topological polar surface area (TPSA) is 26.0 Å². The molecule has 1 aromatic carbocycles. The normalized spacial score (nSPS) is 21.0. The number of nitrogens with two attached hydrogens (primary N) is 1. The SMILES string of the molecule is NCC1(c2ccc(F)cc2C(F)(F)F)CC(F)(F)C1. The zero-order valence-corrected chi connectivity index (χ0v) is 9.70. The largest absolute Gasteiger partial charge is 0.416 e. The van der Waals surface area contributed by atoms with Gasteiger partial charge in [-0.15, -0.1) is 0 Å². The third kappa shape index (κ3) is 2.43. The van der Waals surface area contributed by atoms with Crippen LogP contribution in [0.15, 0.2) is 18.2 Å². The summed E-state index contributed by atoms with van der Waals surface area (Å²) >= 11 is 0. The highest BCUT2D eigenvalue weighted by Crippen LogP contribution is 2.55. The molecule has 1 nitrogen and oxygen atoms in total. The minimum Gasteiger partial charge on any atom is -0.330 e. The number of hydrogen-bond acceptors (Lipinski definition) is 1. The molecule has 2 N–H and O–H groups in total. The molecule has 0 spiro atoms. The van der Waals surface area contributed by atoms with Crippen LogP contribution >= 0.6 is 0 Å². The second kappa shape index (κ2) is 4.13. The highest BCUT2D eigenvalue weighted by atomic mass is 19.4. The summed E-state index contributed by atoms with van der Waals surface area (Å²) in [6.07, 6.45) is -6.29. The second-order valence-corrected chi connectivity index (χ2v) is 4.88. The molecule has 1 saturated carbocycles. The van der Waals surface area contributed by atoms with Gasteiger partial charge in [-0.2, -0.15) is 13.2 Å². The van der Waals surface area contributed by atoms with Crippen molar-refractivity contribution in [3.63, 3.8) is 0 Å². The van der Waals surface area contributed by atoms with Crippen molar-refractivity contribution in [3.8, 4) is 0 Å². The fraction of sp³-hybridized carbons (Fsp3) is 0.500. The number of alkyl halides is 5. The van der Waals surface area contributed by atoms with Crippen LogP contribution in [0.3, 0.4) is 0 Å². The predicted octanol–water partition coefficient (Wildman–Crippen LogP) is 3.47. The summed E-state index contributed by atoms with van der Waals surface area (Å²) in [6.45, 7) is -0.336. The fourth-order valence-corrected chi connectivity index (χ4v) is 2.60. The first-order chi connectivity index (χ1) is 8.60. The summed E-state index contributed by atoms with van der Waals surface area (Å²) in [5, 5.41) is 0. The molecule has 1 aliphatic carbocycles. The summed E-state index contributed by atoms with van der Waals surface area (Å²) in [4.78, 5) is 0. The van der Waals surface area contributed by atoms with Crippen molar-refractivity contribution in [3.05, 3.63) is 35.1 Å².